The van der Waals surface area contributed by atoms with E-state index in [0.29, 0.717) is 5.56 Å². The van der Waals surface area contributed by atoms with Crippen LogP contribution < -0.4 is 0 Å². The molecule has 1 heterocycles. The summed E-state index contributed by atoms with van der Waals surface area (Å²) in [6.45, 7) is -0.755. The Balaban J connectivity index is 1.95. The molecule has 1 aromatic heterocycles. The second-order valence-electron chi connectivity index (χ2n) is 4.70. The fourth-order valence-electron chi connectivity index (χ4n) is 1.96. The summed E-state index contributed by atoms with van der Waals surface area (Å²) >= 11 is 3.26. The highest BCUT2D eigenvalue weighted by Crippen LogP contribution is 2.24. The summed E-state index contributed by atoms with van der Waals surface area (Å²) in [7, 11) is 0. The van der Waals surface area contributed by atoms with E-state index in [1.165, 1.54) is 0 Å². The number of aromatic nitrogens is 4. The molecule has 0 spiro atoms. The van der Waals surface area contributed by atoms with Gasteiger partial charge >= 0.3 is 0 Å². The highest BCUT2D eigenvalue weighted by atomic mass is 79.9. The highest BCUT2D eigenvalue weighted by molar-refractivity contribution is 9.10. The van der Waals surface area contributed by atoms with E-state index < -0.39 is 41.2 Å². The van der Waals surface area contributed by atoms with Crippen molar-refractivity contribution in [3.8, 4) is 11.4 Å². The third kappa shape index (κ3) is 2.88. The number of benzene rings is 2. The van der Waals surface area contributed by atoms with Crippen LogP contribution in [0.5, 0.6) is 0 Å². The molecule has 10 heteroatoms. The molecule has 4 nitrogen and oxygen atoms in total. The van der Waals surface area contributed by atoms with Crippen molar-refractivity contribution < 1.29 is 22.0 Å². The van der Waals surface area contributed by atoms with Crippen LogP contribution >= 0.6 is 15.9 Å². The topological polar surface area (TPSA) is 43.6 Å². The lowest BCUT2D eigenvalue weighted by molar-refractivity contribution is 0.364. The molecule has 0 unspecified atom stereocenters. The monoisotopic (exact) mass is 404 g/mol. The molecule has 0 aliphatic carbocycles. The SMILES string of the molecule is Fc1c(F)c(F)c(Cn2nnc(-c3ccc(Br)cc3)n2)c(F)c1F. The van der Waals surface area contributed by atoms with Gasteiger partial charge in [-0.3, -0.25) is 0 Å². The van der Waals surface area contributed by atoms with E-state index in [0.717, 1.165) is 9.27 Å². The van der Waals surface area contributed by atoms with E-state index in [1.54, 1.807) is 24.3 Å². The van der Waals surface area contributed by atoms with Crippen LogP contribution in [0.2, 0.25) is 0 Å². The summed E-state index contributed by atoms with van der Waals surface area (Å²) in [4.78, 5) is 0.746. The Morgan fingerprint density at radius 3 is 1.96 bits per heavy atom. The summed E-state index contributed by atoms with van der Waals surface area (Å²) < 4.78 is 67.5. The largest absolute Gasteiger partial charge is 0.204 e. The normalized spacial score (nSPS) is 11.1. The predicted molar refractivity (Wildman–Crippen MR) is 76.3 cm³/mol. The molecule has 0 radical (unpaired) electrons. The predicted octanol–water partition coefficient (Wildman–Crippen LogP) is 3.85. The second-order valence-corrected chi connectivity index (χ2v) is 5.61. The van der Waals surface area contributed by atoms with Crippen molar-refractivity contribution in [3.63, 3.8) is 0 Å². The molecule has 0 saturated carbocycles. The van der Waals surface area contributed by atoms with Gasteiger partial charge in [-0.2, -0.15) is 4.80 Å². The molecule has 0 amide bonds. The molecule has 0 N–H and O–H groups in total. The second kappa shape index (κ2) is 6.27. The minimum absolute atomic E-state index is 0.145. The van der Waals surface area contributed by atoms with Crippen LogP contribution in [-0.2, 0) is 6.54 Å². The summed E-state index contributed by atoms with van der Waals surface area (Å²) in [6, 6.07) is 6.79. The van der Waals surface area contributed by atoms with Gasteiger partial charge in [-0.1, -0.05) is 15.9 Å². The Hall–Kier alpha value is -2.36. The maximum atomic E-state index is 13.6. The molecule has 0 aliphatic heterocycles. The van der Waals surface area contributed by atoms with Gasteiger partial charge in [0.25, 0.3) is 0 Å². The zero-order valence-electron chi connectivity index (χ0n) is 11.6. The smallest absolute Gasteiger partial charge is 0.203 e. The van der Waals surface area contributed by atoms with Gasteiger partial charge in [-0.05, 0) is 29.5 Å². The van der Waals surface area contributed by atoms with Gasteiger partial charge < -0.3 is 0 Å². The first-order valence-electron chi connectivity index (χ1n) is 6.42. The number of hydrogen-bond donors (Lipinski definition) is 0. The molecular weight excluding hydrogens is 399 g/mol. The Kier molecular flexibility index (Phi) is 4.31. The molecule has 0 atom stereocenters. The van der Waals surface area contributed by atoms with Crippen LogP contribution in [0.4, 0.5) is 22.0 Å². The van der Waals surface area contributed by atoms with Crippen LogP contribution in [-0.4, -0.2) is 20.2 Å². The fourth-order valence-corrected chi connectivity index (χ4v) is 2.22. The van der Waals surface area contributed by atoms with E-state index in [1.807, 2.05) is 0 Å². The molecule has 0 aliphatic rings. The first-order valence-corrected chi connectivity index (χ1v) is 7.22. The number of halogens is 6. The minimum Gasteiger partial charge on any atom is -0.203 e. The van der Waals surface area contributed by atoms with Crippen molar-refractivity contribution in [2.75, 3.05) is 0 Å². The molecule has 0 fully saturated rings. The minimum atomic E-state index is -2.21. The van der Waals surface area contributed by atoms with Gasteiger partial charge in [0, 0.05) is 10.0 Å². The van der Waals surface area contributed by atoms with E-state index in [-0.39, 0.29) is 5.82 Å². The Morgan fingerprint density at radius 1 is 0.833 bits per heavy atom. The van der Waals surface area contributed by atoms with Gasteiger partial charge in [-0.25, -0.2) is 22.0 Å². The summed E-state index contributed by atoms with van der Waals surface area (Å²) in [5, 5.41) is 11.1. The highest BCUT2D eigenvalue weighted by Gasteiger charge is 2.26. The van der Waals surface area contributed by atoms with Crippen molar-refractivity contribution in [2.45, 2.75) is 6.54 Å². The zero-order chi connectivity index (χ0) is 17.4. The van der Waals surface area contributed by atoms with E-state index in [4.69, 9.17) is 0 Å². The third-order valence-electron chi connectivity index (χ3n) is 3.16. The van der Waals surface area contributed by atoms with Gasteiger partial charge in [0.05, 0.1) is 12.1 Å². The summed E-state index contributed by atoms with van der Waals surface area (Å²) in [5.41, 5.74) is -0.465. The lowest BCUT2D eigenvalue weighted by atomic mass is 10.1. The third-order valence-corrected chi connectivity index (χ3v) is 3.68. The Labute approximate surface area is 140 Å². The lowest BCUT2D eigenvalue weighted by Crippen LogP contribution is -2.13. The van der Waals surface area contributed by atoms with Crippen LogP contribution in [0.1, 0.15) is 5.56 Å². The molecule has 2 aromatic carbocycles. The Morgan fingerprint density at radius 2 is 1.38 bits per heavy atom. The van der Waals surface area contributed by atoms with Crippen molar-refractivity contribution in [2.24, 2.45) is 0 Å². The van der Waals surface area contributed by atoms with Crippen molar-refractivity contribution in [3.05, 3.63) is 63.4 Å². The molecule has 3 rings (SSSR count). The number of rotatable bonds is 3. The molecular formula is C14H6BrF5N4. The average molecular weight is 405 g/mol. The standard InChI is InChI=1S/C14H6BrF5N4/c15-7-3-1-6(2-4-7)14-21-23-24(22-14)5-8-9(16)11(18)13(20)12(19)10(8)17/h1-4H,5H2. The lowest BCUT2D eigenvalue weighted by Gasteiger charge is -2.06. The Bertz CT molecular complexity index is 881. The van der Waals surface area contributed by atoms with Crippen molar-refractivity contribution in [1.29, 1.82) is 0 Å². The van der Waals surface area contributed by atoms with Crippen molar-refractivity contribution in [1.82, 2.24) is 20.2 Å². The molecule has 24 heavy (non-hydrogen) atoms. The quantitative estimate of drug-likeness (QED) is 0.378. The summed E-state index contributed by atoms with van der Waals surface area (Å²) in [6.07, 6.45) is 0. The van der Waals surface area contributed by atoms with Gasteiger partial charge in [0.1, 0.15) is 0 Å². The molecule has 0 saturated heterocycles. The first kappa shape index (κ1) is 16.5. The van der Waals surface area contributed by atoms with E-state index in [2.05, 4.69) is 31.3 Å². The average Bonchev–Trinajstić information content (AvgIpc) is 3.04. The van der Waals surface area contributed by atoms with Crippen molar-refractivity contribution >= 4 is 15.9 Å². The maximum absolute atomic E-state index is 13.6. The van der Waals surface area contributed by atoms with Gasteiger partial charge in [-0.15, -0.1) is 10.2 Å². The van der Waals surface area contributed by atoms with Crippen LogP contribution in [0.25, 0.3) is 11.4 Å². The number of tetrazole rings is 1. The molecule has 3 aromatic rings. The first-order chi connectivity index (χ1) is 11.4. The molecule has 124 valence electrons. The van der Waals surface area contributed by atoms with Gasteiger partial charge in [0.15, 0.2) is 23.3 Å². The zero-order valence-corrected chi connectivity index (χ0v) is 13.2. The van der Waals surface area contributed by atoms with Crippen LogP contribution in [0.15, 0.2) is 28.7 Å². The van der Waals surface area contributed by atoms with Crippen LogP contribution in [0.3, 0.4) is 0 Å². The van der Waals surface area contributed by atoms with E-state index >= 15 is 0 Å². The van der Waals surface area contributed by atoms with Gasteiger partial charge in [0.2, 0.25) is 11.6 Å². The summed E-state index contributed by atoms with van der Waals surface area (Å²) in [5.74, 6) is -9.95. The van der Waals surface area contributed by atoms with Crippen LogP contribution in [0, 0.1) is 29.1 Å². The number of hydrogen-bond acceptors (Lipinski definition) is 3. The number of nitrogens with zero attached hydrogens (tertiary/aromatic N) is 4. The van der Waals surface area contributed by atoms with E-state index in [9.17, 15) is 22.0 Å². The molecule has 0 bridgehead atoms. The fraction of sp³-hybridized carbons (Fsp3) is 0.0714. The maximum Gasteiger partial charge on any atom is 0.204 e.